The van der Waals surface area contributed by atoms with Crippen LogP contribution in [0.25, 0.3) is 0 Å². The molecule has 0 aromatic heterocycles. The molecule has 0 unspecified atom stereocenters. The summed E-state index contributed by atoms with van der Waals surface area (Å²) in [6.45, 7) is 4.35. The van der Waals surface area contributed by atoms with Gasteiger partial charge in [-0.05, 0) is 18.4 Å². The average Bonchev–Trinajstić information content (AvgIpc) is 2.67. The number of aliphatic imine (C=N–C) groups is 1. The fourth-order valence-corrected chi connectivity index (χ4v) is 2.98. The van der Waals surface area contributed by atoms with Crippen LogP contribution in [-0.2, 0) is 16.1 Å². The molecular formula is C19H32IN5O2. The Morgan fingerprint density at radius 2 is 1.93 bits per heavy atom. The van der Waals surface area contributed by atoms with Crippen LogP contribution in [0.2, 0.25) is 0 Å². The second-order valence-corrected chi connectivity index (χ2v) is 6.45. The maximum absolute atomic E-state index is 11.7. The van der Waals surface area contributed by atoms with E-state index in [0.29, 0.717) is 25.2 Å². The summed E-state index contributed by atoms with van der Waals surface area (Å²) >= 11 is 0. The van der Waals surface area contributed by atoms with Gasteiger partial charge in [0.05, 0.1) is 13.2 Å². The molecule has 1 aliphatic rings. The molecule has 2 rings (SSSR count). The zero-order valence-corrected chi connectivity index (χ0v) is 18.6. The fourth-order valence-electron chi connectivity index (χ4n) is 2.98. The van der Waals surface area contributed by atoms with Crippen LogP contribution in [0.1, 0.15) is 18.4 Å². The summed E-state index contributed by atoms with van der Waals surface area (Å²) in [4.78, 5) is 18.4. The van der Waals surface area contributed by atoms with Crippen LogP contribution >= 0.6 is 24.0 Å². The number of hydrogen-bond donors (Lipinski definition) is 3. The van der Waals surface area contributed by atoms with Gasteiger partial charge in [-0.25, -0.2) is 0 Å². The van der Waals surface area contributed by atoms with E-state index in [4.69, 9.17) is 4.74 Å². The lowest BCUT2D eigenvalue weighted by Gasteiger charge is -2.33. The van der Waals surface area contributed by atoms with Gasteiger partial charge in [0.25, 0.3) is 0 Å². The number of guanidine groups is 1. The minimum absolute atomic E-state index is 0. The van der Waals surface area contributed by atoms with Gasteiger partial charge in [0.1, 0.15) is 0 Å². The van der Waals surface area contributed by atoms with Crippen LogP contribution in [0.15, 0.2) is 35.3 Å². The number of benzene rings is 1. The molecular weight excluding hydrogens is 457 g/mol. The predicted octanol–water partition coefficient (Wildman–Crippen LogP) is 1.20. The van der Waals surface area contributed by atoms with E-state index >= 15 is 0 Å². The molecule has 0 spiro atoms. The lowest BCUT2D eigenvalue weighted by molar-refractivity contribution is -0.120. The van der Waals surface area contributed by atoms with Crippen LogP contribution in [0, 0.1) is 0 Å². The first-order valence-electron chi connectivity index (χ1n) is 9.20. The van der Waals surface area contributed by atoms with E-state index < -0.39 is 0 Å². The van der Waals surface area contributed by atoms with Gasteiger partial charge in [-0.3, -0.25) is 14.7 Å². The van der Waals surface area contributed by atoms with Crippen molar-refractivity contribution in [3.8, 4) is 0 Å². The first-order chi connectivity index (χ1) is 12.7. The van der Waals surface area contributed by atoms with Gasteiger partial charge in [-0.1, -0.05) is 30.3 Å². The first-order valence-corrected chi connectivity index (χ1v) is 9.20. The number of nitrogens with zero attached hydrogens (tertiary/aromatic N) is 2. The zero-order chi connectivity index (χ0) is 18.6. The highest BCUT2D eigenvalue weighted by molar-refractivity contribution is 14.0. The van der Waals surface area contributed by atoms with Gasteiger partial charge in [0.15, 0.2) is 5.96 Å². The van der Waals surface area contributed by atoms with E-state index in [-0.39, 0.29) is 36.4 Å². The summed E-state index contributed by atoms with van der Waals surface area (Å²) in [5.41, 5.74) is 1.36. The van der Waals surface area contributed by atoms with Crippen LogP contribution < -0.4 is 16.0 Å². The number of ether oxygens (including phenoxy) is 1. The Hall–Kier alpha value is -1.39. The number of methoxy groups -OCH3 is 1. The maximum Gasteiger partial charge on any atom is 0.239 e. The second kappa shape index (κ2) is 13.7. The number of nitrogens with one attached hydrogen (secondary N) is 3. The summed E-state index contributed by atoms with van der Waals surface area (Å²) in [5, 5.41) is 9.27. The van der Waals surface area contributed by atoms with Crippen LogP contribution in [0.4, 0.5) is 0 Å². The van der Waals surface area contributed by atoms with Crippen molar-refractivity contribution in [1.29, 1.82) is 0 Å². The second-order valence-electron chi connectivity index (χ2n) is 6.45. The van der Waals surface area contributed by atoms with Crippen molar-refractivity contribution in [1.82, 2.24) is 20.9 Å². The molecule has 1 heterocycles. The van der Waals surface area contributed by atoms with Crippen molar-refractivity contribution in [3.63, 3.8) is 0 Å². The number of rotatable bonds is 8. The molecule has 7 nitrogen and oxygen atoms in total. The third-order valence-corrected chi connectivity index (χ3v) is 4.45. The molecule has 0 aliphatic carbocycles. The van der Waals surface area contributed by atoms with Gasteiger partial charge in [0.2, 0.25) is 5.91 Å². The molecule has 1 aromatic carbocycles. The van der Waals surface area contributed by atoms with Crippen molar-refractivity contribution in [2.24, 2.45) is 4.99 Å². The summed E-state index contributed by atoms with van der Waals surface area (Å²) in [5.74, 6) is 0.607. The minimum atomic E-state index is -0.0670. The largest absolute Gasteiger partial charge is 0.383 e. The highest BCUT2D eigenvalue weighted by Gasteiger charge is 2.20. The highest BCUT2D eigenvalue weighted by Crippen LogP contribution is 2.13. The number of hydrogen-bond acceptors (Lipinski definition) is 4. The van der Waals surface area contributed by atoms with E-state index in [0.717, 1.165) is 32.5 Å². The van der Waals surface area contributed by atoms with Crippen molar-refractivity contribution < 1.29 is 9.53 Å². The van der Waals surface area contributed by atoms with Crippen molar-refractivity contribution in [2.75, 3.05) is 46.9 Å². The molecule has 152 valence electrons. The number of piperidine rings is 1. The normalized spacial score (nSPS) is 15.7. The van der Waals surface area contributed by atoms with Crippen LogP contribution in [0.3, 0.4) is 0 Å². The Morgan fingerprint density at radius 3 is 2.56 bits per heavy atom. The molecule has 1 aromatic rings. The molecule has 8 heteroatoms. The molecule has 3 N–H and O–H groups in total. The molecule has 0 saturated carbocycles. The zero-order valence-electron chi connectivity index (χ0n) is 16.2. The summed E-state index contributed by atoms with van der Waals surface area (Å²) in [7, 11) is 3.34. The summed E-state index contributed by atoms with van der Waals surface area (Å²) in [6, 6.07) is 11.0. The minimum Gasteiger partial charge on any atom is -0.383 e. The molecule has 0 radical (unpaired) electrons. The van der Waals surface area contributed by atoms with Gasteiger partial charge in [0, 0.05) is 46.4 Å². The van der Waals surface area contributed by atoms with E-state index in [1.807, 2.05) is 0 Å². The number of carbonyl (C=O) groups is 1. The Morgan fingerprint density at radius 1 is 1.22 bits per heavy atom. The van der Waals surface area contributed by atoms with Gasteiger partial charge >= 0.3 is 0 Å². The standard InChI is InChI=1S/C19H31N5O2.HI/c1-20-19(22-14-18(25)21-10-13-26-2)23-17-8-11-24(12-9-17)15-16-6-4-3-5-7-16;/h3-7,17H,8-15H2,1-2H3,(H,21,25)(H2,20,22,23);1H. The lowest BCUT2D eigenvalue weighted by Crippen LogP contribution is -2.50. The van der Waals surface area contributed by atoms with Crippen molar-refractivity contribution in [2.45, 2.75) is 25.4 Å². The topological polar surface area (TPSA) is 78.0 Å². The molecule has 1 amide bonds. The molecule has 1 fully saturated rings. The van der Waals surface area contributed by atoms with Gasteiger partial charge < -0.3 is 20.7 Å². The average molecular weight is 489 g/mol. The summed E-state index contributed by atoms with van der Waals surface area (Å²) < 4.78 is 4.91. The van der Waals surface area contributed by atoms with Gasteiger partial charge in [-0.2, -0.15) is 0 Å². The lowest BCUT2D eigenvalue weighted by atomic mass is 10.0. The molecule has 1 saturated heterocycles. The van der Waals surface area contributed by atoms with Crippen molar-refractivity contribution in [3.05, 3.63) is 35.9 Å². The predicted molar refractivity (Wildman–Crippen MR) is 120 cm³/mol. The SMILES string of the molecule is CN=C(NCC(=O)NCCOC)NC1CCN(Cc2ccccc2)CC1.I. The number of likely N-dealkylation sites (tertiary alicyclic amines) is 1. The number of amides is 1. The Labute approximate surface area is 179 Å². The van der Waals surface area contributed by atoms with E-state index in [1.54, 1.807) is 14.2 Å². The molecule has 0 bridgehead atoms. The number of carbonyl (C=O) groups excluding carboxylic acids is 1. The molecule has 1 aliphatic heterocycles. The third kappa shape index (κ3) is 9.39. The van der Waals surface area contributed by atoms with Gasteiger partial charge in [-0.15, -0.1) is 24.0 Å². The fraction of sp³-hybridized carbons (Fsp3) is 0.579. The first kappa shape index (κ1) is 23.6. The maximum atomic E-state index is 11.7. The van der Waals surface area contributed by atoms with Crippen LogP contribution in [0.5, 0.6) is 0 Å². The Bertz CT molecular complexity index is 562. The molecule has 27 heavy (non-hydrogen) atoms. The van der Waals surface area contributed by atoms with E-state index in [2.05, 4.69) is 56.2 Å². The Balaban J connectivity index is 0.00000364. The third-order valence-electron chi connectivity index (χ3n) is 4.45. The Kier molecular flexibility index (Phi) is 12.0. The van der Waals surface area contributed by atoms with Crippen molar-refractivity contribution >= 4 is 35.8 Å². The summed E-state index contributed by atoms with van der Waals surface area (Å²) in [6.07, 6.45) is 2.13. The smallest absolute Gasteiger partial charge is 0.239 e. The molecule has 0 atom stereocenters. The van der Waals surface area contributed by atoms with E-state index in [9.17, 15) is 4.79 Å². The highest BCUT2D eigenvalue weighted by atomic mass is 127. The van der Waals surface area contributed by atoms with Crippen LogP contribution in [-0.4, -0.2) is 69.8 Å². The van der Waals surface area contributed by atoms with E-state index in [1.165, 1.54) is 5.56 Å². The quantitative estimate of drug-likeness (QED) is 0.222. The monoisotopic (exact) mass is 489 g/mol. The number of halogens is 1.